The van der Waals surface area contributed by atoms with Crippen molar-refractivity contribution < 1.29 is 9.90 Å². The number of fused-ring (bicyclic) bond motifs is 1. The van der Waals surface area contributed by atoms with Crippen LogP contribution in [0.25, 0.3) is 0 Å². The number of carbonyl (C=O) groups is 1. The molecule has 0 spiro atoms. The Balaban J connectivity index is 1.91. The zero-order valence-corrected chi connectivity index (χ0v) is 16.3. The van der Waals surface area contributed by atoms with Gasteiger partial charge in [-0.1, -0.05) is 26.0 Å². The molecule has 0 fully saturated rings. The van der Waals surface area contributed by atoms with Crippen LogP contribution in [0.15, 0.2) is 47.7 Å². The normalized spacial score (nSPS) is 20.9. The molecule has 2 aliphatic rings. The Morgan fingerprint density at radius 3 is 2.44 bits per heavy atom. The lowest BCUT2D eigenvalue weighted by Crippen LogP contribution is -2.31. The number of ketones is 1. The third-order valence-corrected chi connectivity index (χ3v) is 5.63. The monoisotopic (exact) mass is 362 g/mol. The first kappa shape index (κ1) is 17.7. The van der Waals surface area contributed by atoms with Crippen molar-refractivity contribution in [2.45, 2.75) is 46.6 Å². The van der Waals surface area contributed by atoms with Crippen LogP contribution < -0.4 is 10.6 Å². The number of benzene rings is 2. The van der Waals surface area contributed by atoms with E-state index in [0.717, 1.165) is 34.6 Å². The Morgan fingerprint density at radius 2 is 1.74 bits per heavy atom. The van der Waals surface area contributed by atoms with Crippen molar-refractivity contribution in [2.75, 3.05) is 10.6 Å². The van der Waals surface area contributed by atoms with Crippen molar-refractivity contribution in [2.24, 2.45) is 5.41 Å². The van der Waals surface area contributed by atoms with Crippen LogP contribution in [0, 0.1) is 19.3 Å². The second-order valence-electron chi connectivity index (χ2n) is 8.61. The van der Waals surface area contributed by atoms with Gasteiger partial charge in [-0.05, 0) is 66.6 Å². The number of phenolic OH excluding ortho intramolecular Hbond substituents is 1. The van der Waals surface area contributed by atoms with Crippen molar-refractivity contribution in [1.29, 1.82) is 0 Å². The fraction of sp³-hybridized carbons (Fsp3) is 0.348. The van der Waals surface area contributed by atoms with E-state index in [1.165, 1.54) is 11.1 Å². The molecule has 0 bridgehead atoms. The second-order valence-corrected chi connectivity index (χ2v) is 8.61. The predicted octanol–water partition coefficient (Wildman–Crippen LogP) is 5.23. The Hall–Kier alpha value is -2.75. The van der Waals surface area contributed by atoms with Crippen LogP contribution >= 0.6 is 0 Å². The molecule has 1 unspecified atom stereocenters. The molecule has 1 aliphatic carbocycles. The van der Waals surface area contributed by atoms with Gasteiger partial charge in [-0.25, -0.2) is 0 Å². The Kier molecular flexibility index (Phi) is 4.02. The highest BCUT2D eigenvalue weighted by Gasteiger charge is 2.38. The molecule has 0 radical (unpaired) electrons. The number of allylic oxidation sites excluding steroid dienone is 1. The van der Waals surface area contributed by atoms with Crippen molar-refractivity contribution in [3.63, 3.8) is 0 Å². The van der Waals surface area contributed by atoms with E-state index in [9.17, 15) is 9.90 Å². The molecule has 3 N–H and O–H groups in total. The van der Waals surface area contributed by atoms with E-state index in [-0.39, 0.29) is 23.0 Å². The molecule has 0 saturated carbocycles. The topological polar surface area (TPSA) is 61.4 Å². The summed E-state index contributed by atoms with van der Waals surface area (Å²) in [5.74, 6) is 0.369. The highest BCUT2D eigenvalue weighted by Crippen LogP contribution is 2.46. The third kappa shape index (κ3) is 3.20. The van der Waals surface area contributed by atoms with Gasteiger partial charge in [0, 0.05) is 17.7 Å². The van der Waals surface area contributed by atoms with Gasteiger partial charge in [0.2, 0.25) is 0 Å². The second kappa shape index (κ2) is 6.15. The van der Waals surface area contributed by atoms with Gasteiger partial charge >= 0.3 is 0 Å². The molecule has 4 rings (SSSR count). The fourth-order valence-corrected chi connectivity index (χ4v) is 4.16. The van der Waals surface area contributed by atoms with E-state index in [1.807, 2.05) is 12.1 Å². The molecule has 0 aromatic heterocycles. The summed E-state index contributed by atoms with van der Waals surface area (Å²) in [5.41, 5.74) is 6.97. The van der Waals surface area contributed by atoms with Crippen LogP contribution in [-0.4, -0.2) is 10.9 Å². The minimum atomic E-state index is -0.286. The molecule has 2 aromatic rings. The summed E-state index contributed by atoms with van der Waals surface area (Å²) < 4.78 is 0. The van der Waals surface area contributed by atoms with Crippen molar-refractivity contribution >= 4 is 17.2 Å². The van der Waals surface area contributed by atoms with Crippen LogP contribution in [0.1, 0.15) is 49.4 Å². The molecule has 4 heteroatoms. The standard InChI is InChI=1S/C23H26N2O2/c1-13-8-17-18(9-14(13)2)25-22(15-6-5-7-16(26)10-15)21-19(24-17)11-23(3,4)12-20(21)27/h5-10,22,24-26H,11-12H2,1-4H3. The lowest BCUT2D eigenvalue weighted by Gasteiger charge is -2.34. The average molecular weight is 362 g/mol. The first-order valence-electron chi connectivity index (χ1n) is 9.43. The summed E-state index contributed by atoms with van der Waals surface area (Å²) in [6.07, 6.45) is 1.34. The highest BCUT2D eigenvalue weighted by molar-refractivity contribution is 6.01. The summed E-state index contributed by atoms with van der Waals surface area (Å²) in [7, 11) is 0. The van der Waals surface area contributed by atoms with Crippen molar-refractivity contribution in [3.05, 3.63) is 64.4 Å². The van der Waals surface area contributed by atoms with Gasteiger partial charge < -0.3 is 15.7 Å². The van der Waals surface area contributed by atoms with Gasteiger partial charge in [-0.2, -0.15) is 0 Å². The molecule has 1 heterocycles. The van der Waals surface area contributed by atoms with Gasteiger partial charge in [-0.3, -0.25) is 4.79 Å². The minimum Gasteiger partial charge on any atom is -0.508 e. The maximum absolute atomic E-state index is 13.2. The average Bonchev–Trinajstić information content (AvgIpc) is 2.71. The van der Waals surface area contributed by atoms with Gasteiger partial charge in [0.1, 0.15) is 5.75 Å². The lowest BCUT2D eigenvalue weighted by atomic mass is 9.73. The van der Waals surface area contributed by atoms with Gasteiger partial charge in [0.25, 0.3) is 0 Å². The number of rotatable bonds is 1. The highest BCUT2D eigenvalue weighted by atomic mass is 16.3. The molecule has 2 aromatic carbocycles. The Bertz CT molecular complexity index is 972. The largest absolute Gasteiger partial charge is 0.508 e. The van der Waals surface area contributed by atoms with E-state index >= 15 is 0 Å². The lowest BCUT2D eigenvalue weighted by molar-refractivity contribution is -0.118. The molecular weight excluding hydrogens is 336 g/mol. The smallest absolute Gasteiger partial charge is 0.163 e. The number of aryl methyl sites for hydroxylation is 2. The third-order valence-electron chi connectivity index (χ3n) is 5.63. The van der Waals surface area contributed by atoms with E-state index in [0.29, 0.717) is 6.42 Å². The molecule has 4 nitrogen and oxygen atoms in total. The first-order valence-corrected chi connectivity index (χ1v) is 9.43. The summed E-state index contributed by atoms with van der Waals surface area (Å²) in [4.78, 5) is 13.2. The number of hydrogen-bond donors (Lipinski definition) is 3. The molecule has 140 valence electrons. The maximum Gasteiger partial charge on any atom is 0.163 e. The number of carbonyl (C=O) groups excluding carboxylic acids is 1. The van der Waals surface area contributed by atoms with Gasteiger partial charge in [-0.15, -0.1) is 0 Å². The number of phenols is 1. The zero-order valence-electron chi connectivity index (χ0n) is 16.3. The Labute approximate surface area is 160 Å². The molecule has 27 heavy (non-hydrogen) atoms. The summed E-state index contributed by atoms with van der Waals surface area (Å²) in [6, 6.07) is 11.2. The first-order chi connectivity index (χ1) is 12.7. The van der Waals surface area contributed by atoms with Crippen LogP contribution in [0.3, 0.4) is 0 Å². The van der Waals surface area contributed by atoms with E-state index in [1.54, 1.807) is 12.1 Å². The SMILES string of the molecule is Cc1cc2c(cc1C)NC(c1cccc(O)c1)C1=C(CC(C)(C)CC1=O)N2. The molecule has 0 saturated heterocycles. The summed E-state index contributed by atoms with van der Waals surface area (Å²) in [6.45, 7) is 8.46. The number of anilines is 2. The van der Waals surface area contributed by atoms with Crippen molar-refractivity contribution in [3.8, 4) is 5.75 Å². The van der Waals surface area contributed by atoms with Gasteiger partial charge in [0.05, 0.1) is 17.4 Å². The summed E-state index contributed by atoms with van der Waals surface area (Å²) in [5, 5.41) is 17.1. The van der Waals surface area contributed by atoms with Crippen LogP contribution in [-0.2, 0) is 4.79 Å². The van der Waals surface area contributed by atoms with Crippen LogP contribution in [0.5, 0.6) is 5.75 Å². The van der Waals surface area contributed by atoms with Crippen LogP contribution in [0.2, 0.25) is 0 Å². The number of aromatic hydroxyl groups is 1. The minimum absolute atomic E-state index is 0.0729. The van der Waals surface area contributed by atoms with E-state index in [2.05, 4.69) is 50.5 Å². The number of Topliss-reactive ketones (excluding diaryl/α,β-unsaturated/α-hetero) is 1. The Morgan fingerprint density at radius 1 is 1.04 bits per heavy atom. The maximum atomic E-state index is 13.2. The summed E-state index contributed by atoms with van der Waals surface area (Å²) >= 11 is 0. The van der Waals surface area contributed by atoms with E-state index < -0.39 is 0 Å². The molecule has 1 atom stereocenters. The van der Waals surface area contributed by atoms with Crippen molar-refractivity contribution in [1.82, 2.24) is 0 Å². The van der Waals surface area contributed by atoms with Gasteiger partial charge in [0.15, 0.2) is 5.78 Å². The zero-order chi connectivity index (χ0) is 19.3. The molecular formula is C23H26N2O2. The predicted molar refractivity (Wildman–Crippen MR) is 109 cm³/mol. The fourth-order valence-electron chi connectivity index (χ4n) is 4.16. The quantitative estimate of drug-likeness (QED) is 0.650. The molecule has 0 amide bonds. The van der Waals surface area contributed by atoms with E-state index in [4.69, 9.17) is 0 Å². The number of nitrogens with one attached hydrogen (secondary N) is 2. The van der Waals surface area contributed by atoms with Crippen LogP contribution in [0.4, 0.5) is 11.4 Å². The number of hydrogen-bond acceptors (Lipinski definition) is 4. The molecule has 1 aliphatic heterocycles.